The molecule has 1 aliphatic rings. The van der Waals surface area contributed by atoms with E-state index < -0.39 is 17.6 Å². The number of hydrogen-bond donors (Lipinski definition) is 1. The van der Waals surface area contributed by atoms with Gasteiger partial charge in [-0.3, -0.25) is 4.79 Å². The molecule has 166 valence electrons. The van der Waals surface area contributed by atoms with Crippen molar-refractivity contribution in [2.24, 2.45) is 5.10 Å². The predicted octanol–water partition coefficient (Wildman–Crippen LogP) is 5.51. The van der Waals surface area contributed by atoms with Crippen LogP contribution in [0.5, 0.6) is 0 Å². The van der Waals surface area contributed by atoms with Crippen molar-refractivity contribution in [3.63, 3.8) is 0 Å². The lowest BCUT2D eigenvalue weighted by atomic mass is 9.79. The van der Waals surface area contributed by atoms with E-state index in [-0.39, 0.29) is 17.5 Å². The molecule has 31 heavy (non-hydrogen) atoms. The first-order valence-electron chi connectivity index (χ1n) is 10.4. The van der Waals surface area contributed by atoms with Crippen LogP contribution in [0.2, 0.25) is 0 Å². The summed E-state index contributed by atoms with van der Waals surface area (Å²) in [5.41, 5.74) is 5.34. The second-order valence-electron chi connectivity index (χ2n) is 8.65. The van der Waals surface area contributed by atoms with E-state index in [9.17, 15) is 18.0 Å². The molecular formula is C24H28F3N3O. The third-order valence-electron chi connectivity index (χ3n) is 5.75. The molecule has 3 rings (SSSR count). The van der Waals surface area contributed by atoms with Crippen LogP contribution in [0.1, 0.15) is 62.3 Å². The van der Waals surface area contributed by atoms with Crippen molar-refractivity contribution in [1.82, 2.24) is 5.43 Å². The average Bonchev–Trinajstić information content (AvgIpc) is 2.67. The molecule has 0 aliphatic carbocycles. The van der Waals surface area contributed by atoms with Crippen LogP contribution in [0.4, 0.5) is 18.9 Å². The first-order valence-corrected chi connectivity index (χ1v) is 10.4. The van der Waals surface area contributed by atoms with Crippen molar-refractivity contribution in [2.45, 2.75) is 58.2 Å². The highest BCUT2D eigenvalue weighted by atomic mass is 19.4. The Morgan fingerprint density at radius 2 is 2.00 bits per heavy atom. The second kappa shape index (κ2) is 8.73. The number of carbonyl (C=O) groups excluding carboxylic acids is 1. The van der Waals surface area contributed by atoms with Crippen molar-refractivity contribution in [1.29, 1.82) is 0 Å². The van der Waals surface area contributed by atoms with Gasteiger partial charge in [0.1, 0.15) is 0 Å². The van der Waals surface area contributed by atoms with Gasteiger partial charge in [0.15, 0.2) is 0 Å². The molecule has 0 spiro atoms. The number of anilines is 1. The lowest BCUT2D eigenvalue weighted by Gasteiger charge is -2.47. The van der Waals surface area contributed by atoms with Crippen molar-refractivity contribution in [2.75, 3.05) is 11.4 Å². The number of nitrogens with zero attached hydrogens (tertiary/aromatic N) is 2. The standard InChI is InChI=1S/C24H28F3N3O/c1-5-30-21-10-9-18(12-20(21)16(2)14-23(30,3)4)15-28-29-22(31)13-17-7-6-8-19(11-17)24(25,26)27/h6-12,15-16H,5,13-14H2,1-4H3,(H,29,31)/b28-15+/t16-/m1/s1. The number of halogens is 3. The summed E-state index contributed by atoms with van der Waals surface area (Å²) in [6.45, 7) is 9.80. The van der Waals surface area contributed by atoms with Gasteiger partial charge in [-0.1, -0.05) is 31.2 Å². The van der Waals surface area contributed by atoms with Crippen LogP contribution >= 0.6 is 0 Å². The quantitative estimate of drug-likeness (QED) is 0.501. The summed E-state index contributed by atoms with van der Waals surface area (Å²) >= 11 is 0. The Balaban J connectivity index is 1.67. The number of rotatable bonds is 5. The molecule has 2 aromatic rings. The van der Waals surface area contributed by atoms with Gasteiger partial charge >= 0.3 is 6.18 Å². The van der Waals surface area contributed by atoms with Gasteiger partial charge in [0, 0.05) is 17.8 Å². The summed E-state index contributed by atoms with van der Waals surface area (Å²) < 4.78 is 38.4. The van der Waals surface area contributed by atoms with Gasteiger partial charge in [-0.2, -0.15) is 18.3 Å². The number of alkyl halides is 3. The fraction of sp³-hybridized carbons (Fsp3) is 0.417. The monoisotopic (exact) mass is 431 g/mol. The van der Waals surface area contributed by atoms with E-state index in [1.807, 2.05) is 6.07 Å². The van der Waals surface area contributed by atoms with E-state index in [1.165, 1.54) is 23.4 Å². The highest BCUT2D eigenvalue weighted by Crippen LogP contribution is 2.43. The molecule has 1 N–H and O–H groups in total. The minimum Gasteiger partial charge on any atom is -0.366 e. The third-order valence-corrected chi connectivity index (χ3v) is 5.75. The van der Waals surface area contributed by atoms with E-state index in [0.717, 1.165) is 30.7 Å². The van der Waals surface area contributed by atoms with E-state index in [0.29, 0.717) is 5.92 Å². The van der Waals surface area contributed by atoms with E-state index in [2.05, 4.69) is 55.3 Å². The summed E-state index contributed by atoms with van der Waals surface area (Å²) in [6, 6.07) is 10.9. The van der Waals surface area contributed by atoms with Crippen LogP contribution in [0.25, 0.3) is 0 Å². The third kappa shape index (κ3) is 5.27. The number of amides is 1. The topological polar surface area (TPSA) is 44.7 Å². The highest BCUT2D eigenvalue weighted by Gasteiger charge is 2.35. The first kappa shape index (κ1) is 22.8. The van der Waals surface area contributed by atoms with Gasteiger partial charge in [0.2, 0.25) is 5.91 Å². The van der Waals surface area contributed by atoms with E-state index in [1.54, 1.807) is 6.21 Å². The van der Waals surface area contributed by atoms with E-state index in [4.69, 9.17) is 0 Å². The number of benzene rings is 2. The summed E-state index contributed by atoms with van der Waals surface area (Å²) in [7, 11) is 0. The molecule has 0 bridgehead atoms. The molecule has 0 radical (unpaired) electrons. The minimum absolute atomic E-state index is 0.0914. The van der Waals surface area contributed by atoms with Crippen LogP contribution in [-0.4, -0.2) is 24.2 Å². The fourth-order valence-corrected chi connectivity index (χ4v) is 4.45. The smallest absolute Gasteiger partial charge is 0.366 e. The SMILES string of the molecule is CCN1c2ccc(/C=N/NC(=O)Cc3cccc(C(F)(F)F)c3)cc2[C@H](C)CC1(C)C. The molecule has 4 nitrogen and oxygen atoms in total. The van der Waals surface area contributed by atoms with Crippen LogP contribution < -0.4 is 10.3 Å². The largest absolute Gasteiger partial charge is 0.416 e. The van der Waals surface area contributed by atoms with Gasteiger partial charge < -0.3 is 4.90 Å². The Hall–Kier alpha value is -2.83. The normalized spacial score (nSPS) is 18.2. The summed E-state index contributed by atoms with van der Waals surface area (Å²) in [4.78, 5) is 14.5. The Kier molecular flexibility index (Phi) is 6.43. The zero-order valence-electron chi connectivity index (χ0n) is 18.3. The molecule has 2 aromatic carbocycles. The molecule has 0 saturated heterocycles. The lowest BCUT2D eigenvalue weighted by Crippen LogP contribution is -2.48. The van der Waals surface area contributed by atoms with Crippen LogP contribution in [0.3, 0.4) is 0 Å². The average molecular weight is 432 g/mol. The van der Waals surface area contributed by atoms with Crippen LogP contribution in [0.15, 0.2) is 47.6 Å². The number of carbonyl (C=O) groups is 1. The Labute approximate surface area is 181 Å². The molecule has 0 unspecified atom stereocenters. The maximum atomic E-state index is 12.8. The maximum Gasteiger partial charge on any atom is 0.416 e. The molecular weight excluding hydrogens is 403 g/mol. The lowest BCUT2D eigenvalue weighted by molar-refractivity contribution is -0.137. The van der Waals surface area contributed by atoms with Crippen LogP contribution in [-0.2, 0) is 17.4 Å². The van der Waals surface area contributed by atoms with Gasteiger partial charge in [-0.05, 0) is 68.0 Å². The van der Waals surface area contributed by atoms with Gasteiger partial charge in [0.25, 0.3) is 0 Å². The molecule has 0 aromatic heterocycles. The zero-order chi connectivity index (χ0) is 22.8. The minimum atomic E-state index is -4.43. The Bertz CT molecular complexity index is 982. The van der Waals surface area contributed by atoms with Crippen molar-refractivity contribution >= 4 is 17.8 Å². The molecule has 1 heterocycles. The summed E-state index contributed by atoms with van der Waals surface area (Å²) in [5.74, 6) is -0.0718. The Morgan fingerprint density at radius 1 is 1.26 bits per heavy atom. The number of hydrogen-bond acceptors (Lipinski definition) is 3. The number of nitrogens with one attached hydrogen (secondary N) is 1. The Morgan fingerprint density at radius 3 is 2.68 bits per heavy atom. The van der Waals surface area contributed by atoms with Crippen molar-refractivity contribution < 1.29 is 18.0 Å². The molecule has 1 amide bonds. The fourth-order valence-electron chi connectivity index (χ4n) is 4.45. The maximum absolute atomic E-state index is 12.8. The van der Waals surface area contributed by atoms with E-state index >= 15 is 0 Å². The predicted molar refractivity (Wildman–Crippen MR) is 117 cm³/mol. The van der Waals surface area contributed by atoms with Gasteiger partial charge in [0.05, 0.1) is 18.2 Å². The zero-order valence-corrected chi connectivity index (χ0v) is 18.3. The summed E-state index contributed by atoms with van der Waals surface area (Å²) in [5, 5.41) is 3.99. The number of hydrazone groups is 1. The molecule has 0 saturated carbocycles. The van der Waals surface area contributed by atoms with Gasteiger partial charge in [-0.25, -0.2) is 5.43 Å². The highest BCUT2D eigenvalue weighted by molar-refractivity contribution is 5.84. The second-order valence-corrected chi connectivity index (χ2v) is 8.65. The molecule has 0 fully saturated rings. The molecule has 1 atom stereocenters. The van der Waals surface area contributed by atoms with Gasteiger partial charge in [-0.15, -0.1) is 0 Å². The molecule has 7 heteroatoms. The first-order chi connectivity index (χ1) is 14.5. The number of fused-ring (bicyclic) bond motifs is 1. The molecule has 1 aliphatic heterocycles. The van der Waals surface area contributed by atoms with Crippen molar-refractivity contribution in [3.05, 3.63) is 64.7 Å². The summed E-state index contributed by atoms with van der Waals surface area (Å²) in [6.07, 6.45) is -2.00. The van der Waals surface area contributed by atoms with Crippen molar-refractivity contribution in [3.8, 4) is 0 Å². The van der Waals surface area contributed by atoms with Crippen LogP contribution in [0, 0.1) is 0 Å².